The second-order valence-corrected chi connectivity index (χ2v) is 7.56. The third-order valence-electron chi connectivity index (χ3n) is 2.95. The van der Waals surface area contributed by atoms with Gasteiger partial charge in [-0.2, -0.15) is 4.72 Å². The number of nitrogens with two attached hydrogens (primary N) is 1. The van der Waals surface area contributed by atoms with Gasteiger partial charge in [-0.15, -0.1) is 11.3 Å². The quantitative estimate of drug-likeness (QED) is 0.322. The monoisotopic (exact) mass is 325 g/mol. The summed E-state index contributed by atoms with van der Waals surface area (Å²) in [6.45, 7) is 3.51. The number of amidine groups is 1. The molecule has 0 radical (unpaired) electrons. The lowest BCUT2D eigenvalue weighted by Gasteiger charge is -2.30. The third-order valence-corrected chi connectivity index (χ3v) is 6.21. The van der Waals surface area contributed by atoms with Gasteiger partial charge < -0.3 is 10.9 Å². The Balaban J connectivity index is 3.17. The molecule has 4 N–H and O–H groups in total. The first-order chi connectivity index (χ1) is 8.81. The number of rotatable bonds is 6. The van der Waals surface area contributed by atoms with Crippen molar-refractivity contribution in [1.29, 1.82) is 0 Å². The molecule has 0 atom stereocenters. The average Bonchev–Trinajstić information content (AvgIpc) is 2.82. The Hall–Kier alpha value is -0.830. The molecule has 108 valence electrons. The third kappa shape index (κ3) is 3.38. The molecule has 1 aromatic rings. The smallest absolute Gasteiger partial charge is 0.251 e. The van der Waals surface area contributed by atoms with Crippen LogP contribution in [0.3, 0.4) is 0 Å². The zero-order valence-electron chi connectivity index (χ0n) is 10.6. The lowest BCUT2D eigenvalue weighted by atomic mass is 9.93. The van der Waals surface area contributed by atoms with Crippen molar-refractivity contribution in [3.63, 3.8) is 0 Å². The molecular weight excluding hydrogens is 310 g/mol. The first-order valence-electron chi connectivity index (χ1n) is 5.58. The molecule has 1 rings (SSSR count). The first-order valence-corrected chi connectivity index (χ1v) is 8.26. The zero-order chi connectivity index (χ0) is 14.7. The summed E-state index contributed by atoms with van der Waals surface area (Å²) in [6.07, 6.45) is 0.718. The summed E-state index contributed by atoms with van der Waals surface area (Å²) >= 11 is 6.68. The van der Waals surface area contributed by atoms with Gasteiger partial charge in [0.25, 0.3) is 10.0 Å². The molecule has 0 aliphatic heterocycles. The molecule has 0 bridgehead atoms. The average molecular weight is 326 g/mol. The molecule has 6 nitrogen and oxygen atoms in total. The van der Waals surface area contributed by atoms with Gasteiger partial charge in [-0.1, -0.05) is 30.6 Å². The molecule has 0 aromatic carbocycles. The summed E-state index contributed by atoms with van der Waals surface area (Å²) in [5.41, 5.74) is 4.51. The van der Waals surface area contributed by atoms with Crippen molar-refractivity contribution in [2.45, 2.75) is 36.4 Å². The van der Waals surface area contributed by atoms with Crippen molar-refractivity contribution in [3.05, 3.63) is 16.5 Å². The number of thiophene rings is 1. The number of nitrogens with zero attached hydrogens (tertiary/aromatic N) is 1. The fraction of sp³-hybridized carbons (Fsp3) is 0.500. The van der Waals surface area contributed by atoms with Crippen LogP contribution in [0.2, 0.25) is 4.34 Å². The SMILES string of the molecule is CCC(CC)(NS(=O)(=O)c1ccc(Cl)s1)/C(N)=N/O. The van der Waals surface area contributed by atoms with E-state index in [1.165, 1.54) is 12.1 Å². The maximum absolute atomic E-state index is 12.2. The highest BCUT2D eigenvalue weighted by atomic mass is 35.5. The molecule has 0 aliphatic rings. The minimum absolute atomic E-state index is 0.0921. The van der Waals surface area contributed by atoms with Crippen LogP contribution in [-0.4, -0.2) is 25.0 Å². The van der Waals surface area contributed by atoms with Gasteiger partial charge in [0.05, 0.1) is 9.88 Å². The number of hydrogen-bond donors (Lipinski definition) is 3. The molecule has 19 heavy (non-hydrogen) atoms. The van der Waals surface area contributed by atoms with Crippen LogP contribution in [0.4, 0.5) is 0 Å². The van der Waals surface area contributed by atoms with Gasteiger partial charge in [-0.3, -0.25) is 0 Å². The van der Waals surface area contributed by atoms with E-state index in [2.05, 4.69) is 9.88 Å². The van der Waals surface area contributed by atoms with Gasteiger partial charge in [0, 0.05) is 0 Å². The zero-order valence-corrected chi connectivity index (χ0v) is 12.9. The summed E-state index contributed by atoms with van der Waals surface area (Å²) in [5.74, 6) is -0.163. The van der Waals surface area contributed by atoms with Crippen LogP contribution in [0.15, 0.2) is 21.5 Å². The number of hydrogen-bond acceptors (Lipinski definition) is 5. The van der Waals surface area contributed by atoms with Crippen LogP contribution in [0, 0.1) is 0 Å². The van der Waals surface area contributed by atoms with E-state index in [1.807, 2.05) is 0 Å². The predicted molar refractivity (Wildman–Crippen MR) is 76.4 cm³/mol. The van der Waals surface area contributed by atoms with Crippen LogP contribution >= 0.6 is 22.9 Å². The molecule has 0 saturated heterocycles. The molecule has 1 heterocycles. The molecule has 0 fully saturated rings. The number of sulfonamides is 1. The van der Waals surface area contributed by atoms with Crippen molar-refractivity contribution in [2.75, 3.05) is 0 Å². The van der Waals surface area contributed by atoms with Gasteiger partial charge in [-0.25, -0.2) is 8.42 Å². The topological polar surface area (TPSA) is 105 Å². The summed E-state index contributed by atoms with van der Waals surface area (Å²) in [7, 11) is -3.76. The molecule has 0 amide bonds. The van der Waals surface area contributed by atoms with E-state index in [9.17, 15) is 8.42 Å². The first kappa shape index (κ1) is 16.2. The van der Waals surface area contributed by atoms with Crippen molar-refractivity contribution in [1.82, 2.24) is 4.72 Å². The van der Waals surface area contributed by atoms with E-state index in [1.54, 1.807) is 13.8 Å². The van der Waals surface area contributed by atoms with E-state index >= 15 is 0 Å². The van der Waals surface area contributed by atoms with Crippen molar-refractivity contribution < 1.29 is 13.6 Å². The highest BCUT2D eigenvalue weighted by Crippen LogP contribution is 2.27. The predicted octanol–water partition coefficient (Wildman–Crippen LogP) is 1.99. The lowest BCUT2D eigenvalue weighted by molar-refractivity contribution is 0.307. The highest BCUT2D eigenvalue weighted by Gasteiger charge is 2.37. The van der Waals surface area contributed by atoms with Crippen LogP contribution in [0.1, 0.15) is 26.7 Å². The minimum Gasteiger partial charge on any atom is -0.409 e. The second-order valence-electron chi connectivity index (χ2n) is 3.94. The van der Waals surface area contributed by atoms with Gasteiger partial charge in [0.1, 0.15) is 4.21 Å². The highest BCUT2D eigenvalue weighted by molar-refractivity contribution is 7.91. The second kappa shape index (κ2) is 6.08. The van der Waals surface area contributed by atoms with E-state index < -0.39 is 15.6 Å². The Kier molecular flexibility index (Phi) is 5.19. The van der Waals surface area contributed by atoms with Crippen LogP contribution in [0.5, 0.6) is 0 Å². The van der Waals surface area contributed by atoms with Gasteiger partial charge in [0.2, 0.25) is 0 Å². The fourth-order valence-corrected chi connectivity index (χ4v) is 4.66. The van der Waals surface area contributed by atoms with Crippen molar-refractivity contribution >= 4 is 38.8 Å². The van der Waals surface area contributed by atoms with Crippen LogP contribution < -0.4 is 10.5 Å². The van der Waals surface area contributed by atoms with Gasteiger partial charge in [-0.05, 0) is 25.0 Å². The molecule has 9 heteroatoms. The molecular formula is C10H16ClN3O3S2. The molecule has 1 aromatic heterocycles. The summed E-state index contributed by atoms with van der Waals surface area (Å²) < 4.78 is 27.5. The summed E-state index contributed by atoms with van der Waals surface area (Å²) in [5, 5.41) is 11.7. The largest absolute Gasteiger partial charge is 0.409 e. The Morgan fingerprint density at radius 3 is 2.47 bits per heavy atom. The molecule has 0 unspecified atom stereocenters. The normalized spacial score (nSPS) is 13.7. The van der Waals surface area contributed by atoms with Gasteiger partial charge >= 0.3 is 0 Å². The number of nitrogens with one attached hydrogen (secondary N) is 1. The Bertz CT molecular complexity index is 564. The van der Waals surface area contributed by atoms with E-state index in [0.29, 0.717) is 17.2 Å². The lowest BCUT2D eigenvalue weighted by Crippen LogP contribution is -2.56. The van der Waals surface area contributed by atoms with E-state index in [0.717, 1.165) is 11.3 Å². The maximum Gasteiger partial charge on any atom is 0.251 e. The fourth-order valence-electron chi connectivity index (χ4n) is 1.65. The number of halogens is 1. The van der Waals surface area contributed by atoms with Crippen molar-refractivity contribution in [3.8, 4) is 0 Å². The summed E-state index contributed by atoms with van der Waals surface area (Å²) in [6, 6.07) is 2.92. The summed E-state index contributed by atoms with van der Waals surface area (Å²) in [4.78, 5) is 0. The molecule has 0 saturated carbocycles. The van der Waals surface area contributed by atoms with Gasteiger partial charge in [0.15, 0.2) is 5.84 Å². The van der Waals surface area contributed by atoms with E-state index in [-0.39, 0.29) is 10.0 Å². The Morgan fingerprint density at radius 1 is 1.53 bits per heavy atom. The van der Waals surface area contributed by atoms with Crippen molar-refractivity contribution in [2.24, 2.45) is 10.9 Å². The molecule has 0 aliphatic carbocycles. The van der Waals surface area contributed by atoms with E-state index in [4.69, 9.17) is 22.5 Å². The Morgan fingerprint density at radius 2 is 2.11 bits per heavy atom. The Labute approximate surface area is 121 Å². The molecule has 0 spiro atoms. The maximum atomic E-state index is 12.2. The van der Waals surface area contributed by atoms with Crippen LogP contribution in [-0.2, 0) is 10.0 Å². The number of oxime groups is 1. The standard InChI is InChI=1S/C10H16ClN3O3S2/c1-3-10(4-2,9(12)13-15)14-19(16,17)8-6-5-7(11)18-8/h5-6,14-15H,3-4H2,1-2H3,(H2,12,13). The van der Waals surface area contributed by atoms with Crippen LogP contribution in [0.25, 0.3) is 0 Å². The minimum atomic E-state index is -3.76.